The van der Waals surface area contributed by atoms with Crippen LogP contribution in [-0.2, 0) is 0 Å². The third-order valence-corrected chi connectivity index (χ3v) is 5.12. The van der Waals surface area contributed by atoms with E-state index < -0.39 is 0 Å². The third-order valence-electron chi connectivity index (χ3n) is 2.93. The fourth-order valence-electron chi connectivity index (χ4n) is 1.97. The van der Waals surface area contributed by atoms with E-state index in [0.717, 1.165) is 16.0 Å². The summed E-state index contributed by atoms with van der Waals surface area (Å²) in [6, 6.07) is 0. The second kappa shape index (κ2) is 5.57. The highest BCUT2D eigenvalue weighted by atomic mass is 79.9. The van der Waals surface area contributed by atoms with E-state index in [1.54, 1.807) is 0 Å². The van der Waals surface area contributed by atoms with Crippen LogP contribution in [-0.4, -0.2) is 15.7 Å². The molecule has 0 amide bonds. The first-order valence-corrected chi connectivity index (χ1v) is 7.88. The van der Waals surface area contributed by atoms with Gasteiger partial charge in [0.05, 0.1) is 15.4 Å². The number of hydrogen-bond donors (Lipinski definition) is 1. The zero-order valence-corrected chi connectivity index (χ0v) is 12.6. The third kappa shape index (κ3) is 2.94. The summed E-state index contributed by atoms with van der Waals surface area (Å²) in [5.41, 5.74) is 6.99. The largest absolute Gasteiger partial charge is 0.383 e. The molecule has 0 saturated carbocycles. The molecule has 1 atom stereocenters. The van der Waals surface area contributed by atoms with Crippen molar-refractivity contribution in [1.82, 2.24) is 9.97 Å². The zero-order chi connectivity index (χ0) is 12.4. The van der Waals surface area contributed by atoms with E-state index in [-0.39, 0.29) is 0 Å². The first kappa shape index (κ1) is 13.1. The molecule has 2 N–H and O–H groups in total. The fourth-order valence-corrected chi connectivity index (χ4v) is 3.85. The van der Waals surface area contributed by atoms with Gasteiger partial charge >= 0.3 is 0 Å². The maximum absolute atomic E-state index is 5.96. The lowest BCUT2D eigenvalue weighted by Gasteiger charge is -2.21. The van der Waals surface area contributed by atoms with Crippen LogP contribution in [0.2, 0.25) is 0 Å². The number of nitrogens with two attached hydrogens (primary N) is 1. The molecule has 0 radical (unpaired) electrons. The van der Waals surface area contributed by atoms with Crippen LogP contribution in [0.1, 0.15) is 55.8 Å². The Balaban J connectivity index is 2.34. The van der Waals surface area contributed by atoms with E-state index in [4.69, 9.17) is 10.7 Å². The summed E-state index contributed by atoms with van der Waals surface area (Å²) in [7, 11) is 0. The average Bonchev–Trinajstić information content (AvgIpc) is 2.33. The number of halogens is 1. The van der Waals surface area contributed by atoms with Crippen molar-refractivity contribution in [2.24, 2.45) is 0 Å². The Morgan fingerprint density at radius 2 is 2.12 bits per heavy atom. The Labute approximate surface area is 115 Å². The number of nitrogens with zero attached hydrogens (tertiary/aromatic N) is 2. The van der Waals surface area contributed by atoms with Gasteiger partial charge in [-0.2, -0.15) is 11.8 Å². The molecule has 1 aromatic heterocycles. The smallest absolute Gasteiger partial charge is 0.144 e. The van der Waals surface area contributed by atoms with E-state index in [1.165, 1.54) is 25.0 Å². The molecule has 17 heavy (non-hydrogen) atoms. The second-order valence-corrected chi connectivity index (χ2v) is 6.78. The van der Waals surface area contributed by atoms with Gasteiger partial charge in [-0.1, -0.05) is 20.3 Å². The van der Waals surface area contributed by atoms with E-state index in [0.29, 0.717) is 17.0 Å². The maximum Gasteiger partial charge on any atom is 0.144 e. The number of anilines is 1. The monoisotopic (exact) mass is 315 g/mol. The first-order chi connectivity index (χ1) is 8.09. The van der Waals surface area contributed by atoms with Gasteiger partial charge in [-0.25, -0.2) is 9.97 Å². The summed E-state index contributed by atoms with van der Waals surface area (Å²) in [5, 5.41) is 0.427. The van der Waals surface area contributed by atoms with Gasteiger partial charge in [0, 0.05) is 0 Å². The lowest BCUT2D eigenvalue weighted by Crippen LogP contribution is -2.11. The van der Waals surface area contributed by atoms with Crippen LogP contribution in [0.25, 0.3) is 0 Å². The molecule has 1 aliphatic rings. The summed E-state index contributed by atoms with van der Waals surface area (Å²) in [6.07, 6.45) is 3.75. The molecule has 0 spiro atoms. The average molecular weight is 316 g/mol. The molecule has 1 unspecified atom stereocenters. The Morgan fingerprint density at radius 1 is 1.35 bits per heavy atom. The quantitative estimate of drug-likeness (QED) is 0.899. The molecule has 2 rings (SSSR count). The SMILES string of the molecule is CC(C)c1nc(C2CCCCS2)nc(N)c1Br. The summed E-state index contributed by atoms with van der Waals surface area (Å²) in [5.74, 6) is 3.06. The summed E-state index contributed by atoms with van der Waals surface area (Å²) in [6.45, 7) is 4.26. The molecule has 1 saturated heterocycles. The molecule has 1 fully saturated rings. The molecule has 0 aromatic carbocycles. The molecular formula is C12H18BrN3S. The molecule has 1 aromatic rings. The van der Waals surface area contributed by atoms with Crippen LogP contribution in [0.15, 0.2) is 4.47 Å². The van der Waals surface area contributed by atoms with Crippen molar-refractivity contribution in [3.8, 4) is 0 Å². The Hall–Kier alpha value is -0.290. The van der Waals surface area contributed by atoms with Gasteiger partial charge in [-0.3, -0.25) is 0 Å². The van der Waals surface area contributed by atoms with Crippen molar-refractivity contribution >= 4 is 33.5 Å². The van der Waals surface area contributed by atoms with Gasteiger partial charge in [0.2, 0.25) is 0 Å². The number of thioether (sulfide) groups is 1. The van der Waals surface area contributed by atoms with Crippen molar-refractivity contribution in [2.75, 3.05) is 11.5 Å². The first-order valence-electron chi connectivity index (χ1n) is 6.04. The van der Waals surface area contributed by atoms with Gasteiger partial charge in [0.25, 0.3) is 0 Å². The highest BCUT2D eigenvalue weighted by molar-refractivity contribution is 9.10. The fraction of sp³-hybridized carbons (Fsp3) is 0.667. The minimum Gasteiger partial charge on any atom is -0.383 e. The standard InChI is InChI=1S/C12H18BrN3S/c1-7(2)10-9(13)11(14)16-12(15-10)8-5-3-4-6-17-8/h7-8H,3-6H2,1-2H3,(H2,14,15,16). The van der Waals surface area contributed by atoms with Crippen LogP contribution in [0.5, 0.6) is 0 Å². The summed E-state index contributed by atoms with van der Waals surface area (Å²) in [4.78, 5) is 9.14. The summed E-state index contributed by atoms with van der Waals surface area (Å²) < 4.78 is 0.858. The van der Waals surface area contributed by atoms with Gasteiger partial charge in [-0.15, -0.1) is 0 Å². The zero-order valence-electron chi connectivity index (χ0n) is 10.2. The number of hydrogen-bond acceptors (Lipinski definition) is 4. The van der Waals surface area contributed by atoms with Gasteiger partial charge in [0.15, 0.2) is 0 Å². The van der Waals surface area contributed by atoms with Crippen LogP contribution in [0, 0.1) is 0 Å². The number of nitrogen functional groups attached to an aromatic ring is 1. The molecule has 0 bridgehead atoms. The van der Waals surface area contributed by atoms with Crippen molar-refractivity contribution in [3.63, 3.8) is 0 Å². The molecule has 5 heteroatoms. The Bertz CT molecular complexity index is 403. The molecule has 2 heterocycles. The van der Waals surface area contributed by atoms with E-state index in [2.05, 4.69) is 34.8 Å². The normalized spacial score (nSPS) is 20.8. The van der Waals surface area contributed by atoms with Crippen molar-refractivity contribution < 1.29 is 0 Å². The van der Waals surface area contributed by atoms with Crippen LogP contribution in [0.3, 0.4) is 0 Å². The van der Waals surface area contributed by atoms with Gasteiger partial charge in [0.1, 0.15) is 11.6 Å². The predicted molar refractivity (Wildman–Crippen MR) is 77.3 cm³/mol. The number of rotatable bonds is 2. The molecule has 0 aliphatic carbocycles. The Morgan fingerprint density at radius 3 is 2.71 bits per heavy atom. The number of aromatic nitrogens is 2. The van der Waals surface area contributed by atoms with Gasteiger partial charge in [-0.05, 0) is 40.4 Å². The van der Waals surface area contributed by atoms with Crippen molar-refractivity contribution in [1.29, 1.82) is 0 Å². The lowest BCUT2D eigenvalue weighted by atomic mass is 10.1. The predicted octanol–water partition coefficient (Wildman–Crippen LogP) is 3.90. The molecule has 3 nitrogen and oxygen atoms in total. The van der Waals surface area contributed by atoms with Crippen molar-refractivity contribution in [2.45, 2.75) is 44.3 Å². The second-order valence-electron chi connectivity index (χ2n) is 4.68. The maximum atomic E-state index is 5.96. The Kier molecular flexibility index (Phi) is 4.31. The minimum atomic E-state index is 0.363. The van der Waals surface area contributed by atoms with Crippen LogP contribution in [0.4, 0.5) is 5.82 Å². The highest BCUT2D eigenvalue weighted by Gasteiger charge is 2.22. The highest BCUT2D eigenvalue weighted by Crippen LogP contribution is 2.38. The summed E-state index contributed by atoms with van der Waals surface area (Å²) >= 11 is 5.44. The van der Waals surface area contributed by atoms with E-state index in [9.17, 15) is 0 Å². The van der Waals surface area contributed by atoms with E-state index >= 15 is 0 Å². The molecular weight excluding hydrogens is 298 g/mol. The van der Waals surface area contributed by atoms with Crippen LogP contribution >= 0.6 is 27.7 Å². The minimum absolute atomic E-state index is 0.363. The van der Waals surface area contributed by atoms with Crippen LogP contribution < -0.4 is 5.73 Å². The van der Waals surface area contributed by atoms with E-state index in [1.807, 2.05) is 11.8 Å². The molecule has 1 aliphatic heterocycles. The molecule has 94 valence electrons. The van der Waals surface area contributed by atoms with Gasteiger partial charge < -0.3 is 5.73 Å². The lowest BCUT2D eigenvalue weighted by molar-refractivity contribution is 0.654. The van der Waals surface area contributed by atoms with Crippen molar-refractivity contribution in [3.05, 3.63) is 16.0 Å². The topological polar surface area (TPSA) is 51.8 Å².